The molecule has 3 aliphatic heterocycles. The first-order valence-electron chi connectivity index (χ1n) is 29.6. The number of nitrogens with one attached hydrogen (secondary N) is 9. The van der Waals surface area contributed by atoms with Gasteiger partial charge in [0, 0.05) is 63.0 Å². The van der Waals surface area contributed by atoms with Crippen LogP contribution in [0.3, 0.4) is 0 Å². The van der Waals surface area contributed by atoms with Crippen molar-refractivity contribution in [1.82, 2.24) is 57.3 Å². The van der Waals surface area contributed by atoms with Crippen LogP contribution in [0.2, 0.25) is 0 Å². The molecule has 0 radical (unpaired) electrons. The second-order valence-corrected chi connectivity index (χ2v) is 22.5. The molecule has 6 rings (SSSR count). The van der Waals surface area contributed by atoms with Crippen LogP contribution in [-0.4, -0.2) is 166 Å². The van der Waals surface area contributed by atoms with Crippen LogP contribution in [0.4, 0.5) is 0 Å². The van der Waals surface area contributed by atoms with E-state index in [4.69, 9.17) is 17.2 Å². The van der Waals surface area contributed by atoms with Crippen molar-refractivity contribution in [3.63, 3.8) is 0 Å². The molecule has 85 heavy (non-hydrogen) atoms. The number of aromatic nitrogens is 1. The Bertz CT molecular complexity index is 2890. The van der Waals surface area contributed by atoms with E-state index in [-0.39, 0.29) is 102 Å². The Labute approximate surface area is 494 Å². The summed E-state index contributed by atoms with van der Waals surface area (Å²) in [6.07, 6.45) is 4.08. The van der Waals surface area contributed by atoms with Crippen LogP contribution in [0.1, 0.15) is 122 Å². The maximum absolute atomic E-state index is 15.1. The largest absolute Gasteiger partial charge is 0.370 e. The van der Waals surface area contributed by atoms with E-state index in [1.165, 1.54) is 16.7 Å². The molecule has 1 aromatic heterocycles. The van der Waals surface area contributed by atoms with Crippen LogP contribution < -0.4 is 59.7 Å². The highest BCUT2D eigenvalue weighted by molar-refractivity contribution is 6.00. The number of rotatable bonds is 19. The fraction of sp³-hybridized carbons (Fsp3) is 0.559. The zero-order valence-corrected chi connectivity index (χ0v) is 49.0. The molecule has 2 aromatic carbocycles. The number of likely N-dealkylation sites (tertiary alicyclic amines) is 1. The van der Waals surface area contributed by atoms with Gasteiger partial charge in [-0.2, -0.15) is 0 Å². The van der Waals surface area contributed by atoms with E-state index in [9.17, 15) is 47.9 Å². The molecule has 9 atom stereocenters. The lowest BCUT2D eigenvalue weighted by Gasteiger charge is -2.31. The second kappa shape index (κ2) is 31.9. The summed E-state index contributed by atoms with van der Waals surface area (Å²) in [6.45, 7) is 6.84. The van der Waals surface area contributed by atoms with Crippen LogP contribution in [-0.2, 0) is 65.6 Å². The zero-order valence-electron chi connectivity index (χ0n) is 49.0. The minimum Gasteiger partial charge on any atom is -0.370 e. The molecule has 15 N–H and O–H groups in total. The first-order valence-corrected chi connectivity index (χ1v) is 29.6. The number of para-hydroxylation sites is 1. The summed E-state index contributed by atoms with van der Waals surface area (Å²) < 4.78 is 0. The summed E-state index contributed by atoms with van der Waals surface area (Å²) in [5.41, 5.74) is 18.9. The summed E-state index contributed by atoms with van der Waals surface area (Å²) in [4.78, 5) is 166. The Morgan fingerprint density at radius 3 is 2.12 bits per heavy atom. The summed E-state index contributed by atoms with van der Waals surface area (Å²) in [5, 5.41) is 23.0. The number of carbonyl (C=O) groups excluding carboxylic acids is 11. The van der Waals surface area contributed by atoms with Crippen molar-refractivity contribution in [2.75, 3.05) is 26.2 Å². The summed E-state index contributed by atoms with van der Waals surface area (Å²) in [7, 11) is 0. The molecule has 0 bridgehead atoms. The maximum atomic E-state index is 15.1. The van der Waals surface area contributed by atoms with Crippen LogP contribution in [0, 0.1) is 5.92 Å². The van der Waals surface area contributed by atoms with E-state index in [1.54, 1.807) is 50.4 Å². The number of nitrogens with two attached hydrogens (primary N) is 3. The Morgan fingerprint density at radius 2 is 1.41 bits per heavy atom. The number of primary amides is 1. The van der Waals surface area contributed by atoms with E-state index >= 15 is 4.79 Å². The number of nitrogens with zero attached hydrogens (tertiary/aromatic N) is 3. The van der Waals surface area contributed by atoms with Crippen LogP contribution in [0.15, 0.2) is 65.8 Å². The van der Waals surface area contributed by atoms with Crippen LogP contribution in [0.25, 0.3) is 10.9 Å². The molecule has 26 heteroatoms. The van der Waals surface area contributed by atoms with Gasteiger partial charge in [0.05, 0.1) is 6.42 Å². The first-order chi connectivity index (χ1) is 40.6. The molecular weight excluding hydrogens is 1090 g/mol. The minimum atomic E-state index is -1.51. The van der Waals surface area contributed by atoms with Crippen molar-refractivity contribution in [1.29, 1.82) is 0 Å². The number of amides is 11. The van der Waals surface area contributed by atoms with Gasteiger partial charge in [0.1, 0.15) is 54.4 Å². The molecule has 462 valence electrons. The van der Waals surface area contributed by atoms with Crippen molar-refractivity contribution < 1.29 is 52.7 Å². The molecule has 11 amide bonds. The normalized spacial score (nSPS) is 23.0. The molecule has 0 saturated carbocycles. The van der Waals surface area contributed by atoms with Crippen molar-refractivity contribution in [2.24, 2.45) is 28.1 Å². The fourth-order valence-electron chi connectivity index (χ4n) is 11.1. The molecular formula is C59H85N15O11. The summed E-state index contributed by atoms with van der Waals surface area (Å²) in [6, 6.07) is 4.86. The van der Waals surface area contributed by atoms with Crippen molar-refractivity contribution in [3.8, 4) is 0 Å². The van der Waals surface area contributed by atoms with E-state index in [2.05, 4.69) is 52.5 Å². The highest BCUT2D eigenvalue weighted by Gasteiger charge is 2.43. The summed E-state index contributed by atoms with van der Waals surface area (Å²) >= 11 is 0. The highest BCUT2D eigenvalue weighted by Crippen LogP contribution is 2.24. The third-order valence-electron chi connectivity index (χ3n) is 15.6. The number of aliphatic imine (C=N–C) groups is 1. The van der Waals surface area contributed by atoms with E-state index in [0.29, 0.717) is 36.8 Å². The number of H-pyrrole nitrogens is 1. The highest BCUT2D eigenvalue weighted by atomic mass is 16.2. The number of hydrogen-bond donors (Lipinski definition) is 12. The van der Waals surface area contributed by atoms with Gasteiger partial charge in [0.25, 0.3) is 0 Å². The molecule has 3 fully saturated rings. The van der Waals surface area contributed by atoms with Gasteiger partial charge < -0.3 is 74.5 Å². The SMILES string of the molecule is CCCC[C@H](NC(C)=O)C(=O)N[C@H]1CC(=O)NCCCC[C@@H](C(=O)N2CCC[C@H]2C(=O)N[C@H](C(N)=O)C(C)C)NC(=O)[C@H](Cc2c[nH]c3ccccc23)NC(=O)[C@@H](CCCN=C(N)N)NC(=O)[C@@H](Cc2ccccc2)NC(=O)[C@@H]2CCCN2C1=O. The Balaban J connectivity index is 1.41. The number of carbonyl (C=O) groups is 11. The van der Waals surface area contributed by atoms with Gasteiger partial charge >= 0.3 is 0 Å². The van der Waals surface area contributed by atoms with E-state index < -0.39 is 126 Å². The van der Waals surface area contributed by atoms with Crippen LogP contribution >= 0.6 is 0 Å². The van der Waals surface area contributed by atoms with Gasteiger partial charge in [0.15, 0.2) is 5.96 Å². The van der Waals surface area contributed by atoms with Gasteiger partial charge in [-0.3, -0.25) is 57.7 Å². The first kappa shape index (κ1) is 65.6. The molecule has 0 aliphatic carbocycles. The monoisotopic (exact) mass is 1180 g/mol. The number of aromatic amines is 1. The predicted octanol–water partition coefficient (Wildman–Crippen LogP) is -0.576. The molecule has 4 heterocycles. The van der Waals surface area contributed by atoms with Gasteiger partial charge in [-0.05, 0) is 87.3 Å². The average Bonchev–Trinajstić information content (AvgIpc) is 4.35. The molecule has 3 aromatic rings. The zero-order chi connectivity index (χ0) is 61.7. The standard InChI is InChI=1S/C59H85N15O11/c1-5-6-20-40(66-35(4)75)51(78)71-45-32-48(76)63-26-13-12-22-42(57(84)73-28-16-25-47(73)56(83)72-49(34(2)3)50(60)77)68-54(81)44(31-37-33-65-39-21-11-10-19-38(37)39)69-52(79)41(23-14-27-64-59(61)62)67-53(80)43(30-36-17-8-7-9-18-36)70-55(82)46-24-15-29-74(46)58(45)85/h7-11,17-19,21,33-34,40-47,49,65H,5-6,12-16,20,22-32H2,1-4H3,(H2,60,77)(H,63,76)(H,66,75)(H,67,80)(H,68,81)(H,69,79)(H,70,82)(H,71,78)(H,72,83)(H4,61,62,64)/t40-,41+,42-,43+,44-,45-,46-,47-,49-/m0/s1. The van der Waals surface area contributed by atoms with Gasteiger partial charge in [-0.25, -0.2) is 0 Å². The second-order valence-electron chi connectivity index (χ2n) is 22.5. The lowest BCUT2D eigenvalue weighted by molar-refractivity contribution is -0.143. The number of guanidine groups is 1. The predicted molar refractivity (Wildman–Crippen MR) is 316 cm³/mol. The molecule has 3 aliphatic rings. The molecule has 3 saturated heterocycles. The third-order valence-corrected chi connectivity index (χ3v) is 15.6. The number of unbranched alkanes of at least 4 members (excludes halogenated alkanes) is 1. The summed E-state index contributed by atoms with van der Waals surface area (Å²) in [5.74, 6) is -8.25. The molecule has 0 unspecified atom stereocenters. The maximum Gasteiger partial charge on any atom is 0.246 e. The van der Waals surface area contributed by atoms with E-state index in [1.807, 2.05) is 31.2 Å². The number of hydrogen-bond acceptors (Lipinski definition) is 12. The van der Waals surface area contributed by atoms with Gasteiger partial charge in [0.2, 0.25) is 65.0 Å². The Morgan fingerprint density at radius 1 is 0.741 bits per heavy atom. The smallest absolute Gasteiger partial charge is 0.246 e. The average molecular weight is 1180 g/mol. The quantitative estimate of drug-likeness (QED) is 0.0407. The Kier molecular flexibility index (Phi) is 24.6. The fourth-order valence-corrected chi connectivity index (χ4v) is 11.1. The van der Waals surface area contributed by atoms with Crippen molar-refractivity contribution >= 4 is 81.8 Å². The number of benzene rings is 2. The van der Waals surface area contributed by atoms with Crippen LogP contribution in [0.5, 0.6) is 0 Å². The Hall–Kier alpha value is -8.58. The third kappa shape index (κ3) is 19.0. The van der Waals surface area contributed by atoms with Gasteiger partial charge in [-0.15, -0.1) is 0 Å². The number of fused-ring (bicyclic) bond motifs is 2. The van der Waals surface area contributed by atoms with Crippen molar-refractivity contribution in [3.05, 3.63) is 71.9 Å². The lowest BCUT2D eigenvalue weighted by atomic mass is 10.0. The van der Waals surface area contributed by atoms with Crippen molar-refractivity contribution in [2.45, 2.75) is 178 Å². The molecule has 0 spiro atoms. The van der Waals surface area contributed by atoms with E-state index in [0.717, 1.165) is 10.9 Å². The lowest BCUT2D eigenvalue weighted by Crippen LogP contribution is -2.61. The minimum absolute atomic E-state index is 0.00835. The van der Waals surface area contributed by atoms with Gasteiger partial charge in [-0.1, -0.05) is 82.1 Å². The molecule has 26 nitrogen and oxygen atoms in total. The topological polar surface area (TPSA) is 397 Å².